The minimum atomic E-state index is 0. The molecule has 0 amide bonds. The molecule has 2 N–H and O–H groups in total. The fourth-order valence-corrected chi connectivity index (χ4v) is 3.77. The molecule has 1 aromatic heterocycles. The highest BCUT2D eigenvalue weighted by Gasteiger charge is 2.32. The highest BCUT2D eigenvalue weighted by atomic mass is 35.5. The summed E-state index contributed by atoms with van der Waals surface area (Å²) in [5.41, 5.74) is 7.40. The van der Waals surface area contributed by atoms with Crippen molar-refractivity contribution < 1.29 is 9.47 Å². The summed E-state index contributed by atoms with van der Waals surface area (Å²) in [5, 5.41) is 2.06. The fourth-order valence-electron chi connectivity index (χ4n) is 3.16. The molecular formula is C19H27ClN2O2S. The third-order valence-corrected chi connectivity index (χ3v) is 5.56. The van der Waals surface area contributed by atoms with Gasteiger partial charge in [0.05, 0.1) is 7.11 Å². The van der Waals surface area contributed by atoms with Gasteiger partial charge in [-0.15, -0.1) is 23.7 Å². The summed E-state index contributed by atoms with van der Waals surface area (Å²) in [7, 11) is 1.69. The molecule has 0 saturated carbocycles. The van der Waals surface area contributed by atoms with E-state index in [2.05, 4.69) is 35.4 Å². The Balaban J connectivity index is 0.00000225. The highest BCUT2D eigenvalue weighted by molar-refractivity contribution is 7.09. The van der Waals surface area contributed by atoms with Crippen LogP contribution in [0.4, 0.5) is 0 Å². The van der Waals surface area contributed by atoms with Gasteiger partial charge in [0.1, 0.15) is 6.61 Å². The summed E-state index contributed by atoms with van der Waals surface area (Å²) >= 11 is 1.70. The molecule has 1 aliphatic heterocycles. The zero-order valence-electron chi connectivity index (χ0n) is 14.9. The normalized spacial score (nSPS) is 20.3. The van der Waals surface area contributed by atoms with Crippen molar-refractivity contribution in [1.82, 2.24) is 4.90 Å². The van der Waals surface area contributed by atoms with Gasteiger partial charge in [-0.2, -0.15) is 0 Å². The maximum Gasteiger partial charge on any atom is 0.161 e. The molecule has 0 bridgehead atoms. The molecule has 25 heavy (non-hydrogen) atoms. The number of halogens is 1. The lowest BCUT2D eigenvalue weighted by Gasteiger charge is -2.23. The topological polar surface area (TPSA) is 47.7 Å². The maximum absolute atomic E-state index is 5.90. The number of benzene rings is 1. The molecule has 1 saturated heterocycles. The molecule has 1 atom stereocenters. The molecule has 1 unspecified atom stereocenters. The first-order valence-corrected chi connectivity index (χ1v) is 9.24. The van der Waals surface area contributed by atoms with E-state index < -0.39 is 0 Å². The second-order valence-electron chi connectivity index (χ2n) is 6.83. The maximum atomic E-state index is 5.90. The van der Waals surface area contributed by atoms with Crippen LogP contribution in [-0.2, 0) is 13.2 Å². The van der Waals surface area contributed by atoms with Gasteiger partial charge < -0.3 is 15.2 Å². The van der Waals surface area contributed by atoms with E-state index >= 15 is 0 Å². The molecule has 2 aromatic rings. The summed E-state index contributed by atoms with van der Waals surface area (Å²) in [5.74, 6) is 1.59. The van der Waals surface area contributed by atoms with Crippen molar-refractivity contribution in [3.63, 3.8) is 0 Å². The Bertz CT molecular complexity index is 665. The first-order chi connectivity index (χ1) is 11.6. The van der Waals surface area contributed by atoms with E-state index in [1.807, 2.05) is 12.1 Å². The standard InChI is InChI=1S/C19H26N2O2S.ClH/c1-19(13-20)7-8-21(14-19)11-15-5-6-17(18(10-15)22-2)23-12-16-4-3-9-24-16;/h3-6,9-10H,7-8,11-14,20H2,1-2H3;1H. The number of hydrogen-bond acceptors (Lipinski definition) is 5. The molecule has 0 radical (unpaired) electrons. The molecule has 0 aliphatic carbocycles. The molecule has 0 spiro atoms. The molecule has 2 heterocycles. The van der Waals surface area contributed by atoms with Crippen LogP contribution in [-0.4, -0.2) is 31.6 Å². The van der Waals surface area contributed by atoms with E-state index in [0.29, 0.717) is 6.61 Å². The number of nitrogens with two attached hydrogens (primary N) is 1. The van der Waals surface area contributed by atoms with E-state index in [9.17, 15) is 0 Å². The quantitative estimate of drug-likeness (QED) is 0.788. The van der Waals surface area contributed by atoms with Crippen molar-refractivity contribution in [2.24, 2.45) is 11.1 Å². The monoisotopic (exact) mass is 382 g/mol. The van der Waals surface area contributed by atoms with Crippen LogP contribution in [0.25, 0.3) is 0 Å². The van der Waals surface area contributed by atoms with Gasteiger partial charge in [-0.05, 0) is 54.1 Å². The van der Waals surface area contributed by atoms with Gasteiger partial charge >= 0.3 is 0 Å². The summed E-state index contributed by atoms with van der Waals surface area (Å²) < 4.78 is 11.4. The van der Waals surface area contributed by atoms with Crippen molar-refractivity contribution in [3.05, 3.63) is 46.2 Å². The Labute approximate surface area is 160 Å². The van der Waals surface area contributed by atoms with Gasteiger partial charge in [0.25, 0.3) is 0 Å². The van der Waals surface area contributed by atoms with Crippen LogP contribution in [0.5, 0.6) is 11.5 Å². The average molecular weight is 383 g/mol. The molecule has 3 rings (SSSR count). The first-order valence-electron chi connectivity index (χ1n) is 8.36. The van der Waals surface area contributed by atoms with Crippen molar-refractivity contribution in [3.8, 4) is 11.5 Å². The molecule has 1 fully saturated rings. The number of methoxy groups -OCH3 is 1. The van der Waals surface area contributed by atoms with Crippen molar-refractivity contribution >= 4 is 23.7 Å². The SMILES string of the molecule is COc1cc(CN2CCC(C)(CN)C2)ccc1OCc1cccs1.Cl. The van der Waals surface area contributed by atoms with E-state index in [4.69, 9.17) is 15.2 Å². The van der Waals surface area contributed by atoms with Gasteiger partial charge in [0.2, 0.25) is 0 Å². The Morgan fingerprint density at radius 3 is 2.76 bits per heavy atom. The van der Waals surface area contributed by atoms with E-state index in [1.54, 1.807) is 18.4 Å². The molecular weight excluding hydrogens is 356 g/mol. The zero-order chi connectivity index (χ0) is 17.0. The van der Waals surface area contributed by atoms with E-state index in [-0.39, 0.29) is 17.8 Å². The zero-order valence-corrected chi connectivity index (χ0v) is 16.5. The lowest BCUT2D eigenvalue weighted by Crippen LogP contribution is -2.31. The summed E-state index contributed by atoms with van der Waals surface area (Å²) in [6.07, 6.45) is 1.17. The first kappa shape index (κ1) is 20.0. The number of ether oxygens (including phenoxy) is 2. The molecule has 4 nitrogen and oxygen atoms in total. The Kier molecular flexibility index (Phi) is 7.14. The van der Waals surface area contributed by atoms with Crippen LogP contribution in [0.3, 0.4) is 0 Å². The van der Waals surface area contributed by atoms with Gasteiger partial charge in [-0.25, -0.2) is 0 Å². The Morgan fingerprint density at radius 2 is 2.12 bits per heavy atom. The van der Waals surface area contributed by atoms with Crippen LogP contribution < -0.4 is 15.2 Å². The Hall–Kier alpha value is -1.27. The average Bonchev–Trinajstić information content (AvgIpc) is 3.24. The summed E-state index contributed by atoms with van der Waals surface area (Å²) in [6, 6.07) is 10.3. The highest BCUT2D eigenvalue weighted by Crippen LogP contribution is 2.32. The summed E-state index contributed by atoms with van der Waals surface area (Å²) in [6.45, 7) is 6.69. The number of hydrogen-bond donors (Lipinski definition) is 1. The Morgan fingerprint density at radius 1 is 1.28 bits per heavy atom. The third kappa shape index (κ3) is 5.11. The largest absolute Gasteiger partial charge is 0.493 e. The van der Waals surface area contributed by atoms with Gasteiger partial charge in [-0.3, -0.25) is 4.90 Å². The third-order valence-electron chi connectivity index (χ3n) is 4.71. The minimum Gasteiger partial charge on any atom is -0.493 e. The molecule has 1 aliphatic rings. The van der Waals surface area contributed by atoms with Gasteiger partial charge in [-0.1, -0.05) is 19.1 Å². The van der Waals surface area contributed by atoms with E-state index in [0.717, 1.165) is 37.7 Å². The molecule has 1 aromatic carbocycles. The number of thiophene rings is 1. The smallest absolute Gasteiger partial charge is 0.161 e. The van der Waals surface area contributed by atoms with Crippen LogP contribution in [0.2, 0.25) is 0 Å². The second kappa shape index (κ2) is 8.90. The van der Waals surface area contributed by atoms with Crippen LogP contribution in [0.1, 0.15) is 23.8 Å². The molecule has 6 heteroatoms. The fraction of sp³-hybridized carbons (Fsp3) is 0.474. The number of nitrogens with zero attached hydrogens (tertiary/aromatic N) is 1. The van der Waals surface area contributed by atoms with Crippen LogP contribution >= 0.6 is 23.7 Å². The predicted octanol–water partition coefficient (Wildman–Crippen LogP) is 3.93. The minimum absolute atomic E-state index is 0. The number of likely N-dealkylation sites (tertiary alicyclic amines) is 1. The predicted molar refractivity (Wildman–Crippen MR) is 106 cm³/mol. The second-order valence-corrected chi connectivity index (χ2v) is 7.86. The van der Waals surface area contributed by atoms with Crippen molar-refractivity contribution in [2.45, 2.75) is 26.5 Å². The lowest BCUT2D eigenvalue weighted by atomic mass is 9.90. The van der Waals surface area contributed by atoms with E-state index in [1.165, 1.54) is 16.9 Å². The number of rotatable bonds is 7. The van der Waals surface area contributed by atoms with Crippen molar-refractivity contribution in [1.29, 1.82) is 0 Å². The van der Waals surface area contributed by atoms with Gasteiger partial charge in [0, 0.05) is 18.0 Å². The van der Waals surface area contributed by atoms with Gasteiger partial charge in [0.15, 0.2) is 11.5 Å². The van der Waals surface area contributed by atoms with Crippen molar-refractivity contribution in [2.75, 3.05) is 26.7 Å². The van der Waals surface area contributed by atoms with Crippen LogP contribution in [0, 0.1) is 5.41 Å². The molecule has 138 valence electrons. The summed E-state index contributed by atoms with van der Waals surface area (Å²) in [4.78, 5) is 3.67. The van der Waals surface area contributed by atoms with Crippen LogP contribution in [0.15, 0.2) is 35.7 Å². The lowest BCUT2D eigenvalue weighted by molar-refractivity contribution is 0.272.